The summed E-state index contributed by atoms with van der Waals surface area (Å²) in [6.45, 7) is 19.8. The van der Waals surface area contributed by atoms with Gasteiger partial charge in [0.05, 0.1) is 0 Å². The van der Waals surface area contributed by atoms with Gasteiger partial charge >= 0.3 is 0 Å². The molecule has 0 nitrogen and oxygen atoms in total. The largest absolute Gasteiger partial charge is 0.103 e. The Bertz CT molecular complexity index is 246. The molecule has 0 heterocycles. The van der Waals surface area contributed by atoms with Crippen molar-refractivity contribution in [2.45, 2.75) is 61.3 Å². The highest BCUT2D eigenvalue weighted by Crippen LogP contribution is 2.33. The van der Waals surface area contributed by atoms with Crippen molar-refractivity contribution in [2.75, 3.05) is 0 Å². The average molecular weight is 222 g/mol. The van der Waals surface area contributed by atoms with E-state index < -0.39 is 0 Å². The summed E-state index contributed by atoms with van der Waals surface area (Å²) in [4.78, 5) is 0. The van der Waals surface area contributed by atoms with E-state index in [1.165, 1.54) is 12.8 Å². The van der Waals surface area contributed by atoms with E-state index >= 15 is 0 Å². The van der Waals surface area contributed by atoms with Gasteiger partial charge in [0.15, 0.2) is 0 Å². The Hall–Kier alpha value is -0.520. The zero-order valence-electron chi connectivity index (χ0n) is 12.4. The van der Waals surface area contributed by atoms with Crippen molar-refractivity contribution in [2.24, 2.45) is 16.2 Å². The molecule has 0 aliphatic rings. The van der Waals surface area contributed by atoms with Gasteiger partial charge in [0.25, 0.3) is 0 Å². The maximum Gasteiger partial charge on any atom is -0.0174 e. The van der Waals surface area contributed by atoms with Gasteiger partial charge in [-0.05, 0) is 29.1 Å². The number of hydrogen-bond acceptors (Lipinski definition) is 0. The summed E-state index contributed by atoms with van der Waals surface area (Å²) in [7, 11) is 0. The van der Waals surface area contributed by atoms with E-state index in [9.17, 15) is 0 Å². The van der Waals surface area contributed by atoms with Crippen LogP contribution in [0.2, 0.25) is 0 Å². The minimum Gasteiger partial charge on any atom is -0.103 e. The Balaban J connectivity index is 4.37. The van der Waals surface area contributed by atoms with Crippen LogP contribution in [0, 0.1) is 16.2 Å². The van der Waals surface area contributed by atoms with Crippen LogP contribution in [-0.2, 0) is 0 Å². The highest BCUT2D eigenvalue weighted by Gasteiger charge is 2.20. The maximum absolute atomic E-state index is 3.90. The third kappa shape index (κ3) is 7.73. The lowest BCUT2D eigenvalue weighted by Crippen LogP contribution is -2.15. The molecule has 0 fully saturated rings. The van der Waals surface area contributed by atoms with Gasteiger partial charge in [-0.1, -0.05) is 66.7 Å². The SMILES string of the molecule is C=CC(C)(C)CCC(C)(C)C=CC(C)(C)C. The van der Waals surface area contributed by atoms with Crippen LogP contribution in [-0.4, -0.2) is 0 Å². The Morgan fingerprint density at radius 3 is 1.56 bits per heavy atom. The number of rotatable bonds is 5. The first-order chi connectivity index (χ1) is 6.97. The molecule has 0 N–H and O–H groups in total. The second kappa shape index (κ2) is 5.21. The molecular weight excluding hydrogens is 192 g/mol. The monoisotopic (exact) mass is 222 g/mol. The first-order valence-corrected chi connectivity index (χ1v) is 6.31. The lowest BCUT2D eigenvalue weighted by atomic mass is 9.78. The van der Waals surface area contributed by atoms with Crippen LogP contribution < -0.4 is 0 Å². The van der Waals surface area contributed by atoms with Crippen LogP contribution in [0.1, 0.15) is 61.3 Å². The van der Waals surface area contributed by atoms with Crippen molar-refractivity contribution in [3.8, 4) is 0 Å². The maximum atomic E-state index is 3.90. The fourth-order valence-electron chi connectivity index (χ4n) is 1.31. The second-order valence-corrected chi connectivity index (χ2v) is 7.38. The first-order valence-electron chi connectivity index (χ1n) is 6.31. The second-order valence-electron chi connectivity index (χ2n) is 7.38. The molecule has 94 valence electrons. The summed E-state index contributed by atoms with van der Waals surface area (Å²) in [5, 5.41) is 0. The third-order valence-electron chi connectivity index (χ3n) is 3.00. The molecule has 0 saturated carbocycles. The van der Waals surface area contributed by atoms with Crippen molar-refractivity contribution in [3.63, 3.8) is 0 Å². The first kappa shape index (κ1) is 15.5. The van der Waals surface area contributed by atoms with Gasteiger partial charge in [-0.2, -0.15) is 0 Å². The molecule has 0 bridgehead atoms. The van der Waals surface area contributed by atoms with Crippen LogP contribution in [0.15, 0.2) is 24.8 Å². The van der Waals surface area contributed by atoms with E-state index in [4.69, 9.17) is 0 Å². The fraction of sp³-hybridized carbons (Fsp3) is 0.750. The van der Waals surface area contributed by atoms with Gasteiger partial charge in [0.2, 0.25) is 0 Å². The molecule has 0 heteroatoms. The third-order valence-corrected chi connectivity index (χ3v) is 3.00. The smallest absolute Gasteiger partial charge is 0.0174 e. The predicted molar refractivity (Wildman–Crippen MR) is 75.6 cm³/mol. The fourth-order valence-corrected chi connectivity index (χ4v) is 1.31. The standard InChI is InChI=1S/C16H30/c1-9-15(5,6)12-13-16(7,8)11-10-14(2,3)4/h9-11H,1,12-13H2,2-8H3. The van der Waals surface area contributed by atoms with Gasteiger partial charge in [-0.25, -0.2) is 0 Å². The molecule has 0 atom stereocenters. The Morgan fingerprint density at radius 1 is 0.750 bits per heavy atom. The van der Waals surface area contributed by atoms with E-state index in [0.29, 0.717) is 0 Å². The van der Waals surface area contributed by atoms with Crippen molar-refractivity contribution in [1.82, 2.24) is 0 Å². The molecule has 0 aromatic heterocycles. The Labute approximate surface area is 103 Å². The molecule has 0 aromatic carbocycles. The number of hydrogen-bond donors (Lipinski definition) is 0. The summed E-state index contributed by atoms with van der Waals surface area (Å²) < 4.78 is 0. The molecule has 0 spiro atoms. The van der Waals surface area contributed by atoms with Crippen molar-refractivity contribution in [1.29, 1.82) is 0 Å². The molecular formula is C16H30. The molecule has 0 aromatic rings. The van der Waals surface area contributed by atoms with Crippen molar-refractivity contribution < 1.29 is 0 Å². The van der Waals surface area contributed by atoms with E-state index in [0.717, 1.165) is 0 Å². The van der Waals surface area contributed by atoms with Crippen LogP contribution in [0.4, 0.5) is 0 Å². The quantitative estimate of drug-likeness (QED) is 0.531. The van der Waals surface area contributed by atoms with Gasteiger partial charge in [-0.15, -0.1) is 6.58 Å². The average Bonchev–Trinajstić information content (AvgIpc) is 2.12. The molecule has 0 radical (unpaired) electrons. The van der Waals surface area contributed by atoms with Gasteiger partial charge in [-0.3, -0.25) is 0 Å². The highest BCUT2D eigenvalue weighted by molar-refractivity contribution is 5.01. The summed E-state index contributed by atoms with van der Waals surface area (Å²) in [5.41, 5.74) is 0.825. The van der Waals surface area contributed by atoms with Crippen LogP contribution in [0.3, 0.4) is 0 Å². The normalized spacial score (nSPS) is 14.4. The van der Waals surface area contributed by atoms with Crippen LogP contribution >= 0.6 is 0 Å². The molecule has 16 heavy (non-hydrogen) atoms. The Morgan fingerprint density at radius 2 is 1.19 bits per heavy atom. The van der Waals surface area contributed by atoms with E-state index in [2.05, 4.69) is 73.3 Å². The minimum absolute atomic E-state index is 0.257. The summed E-state index contributed by atoms with van der Waals surface area (Å²) in [6, 6.07) is 0. The summed E-state index contributed by atoms with van der Waals surface area (Å²) in [6.07, 6.45) is 9.16. The van der Waals surface area contributed by atoms with Crippen LogP contribution in [0.25, 0.3) is 0 Å². The molecule has 0 rings (SSSR count). The molecule has 0 amide bonds. The molecule has 0 saturated heterocycles. The lowest BCUT2D eigenvalue weighted by molar-refractivity contribution is 0.328. The zero-order valence-corrected chi connectivity index (χ0v) is 12.4. The summed E-state index contributed by atoms with van der Waals surface area (Å²) in [5.74, 6) is 0. The molecule has 0 aliphatic carbocycles. The van der Waals surface area contributed by atoms with Gasteiger partial charge in [0, 0.05) is 0 Å². The van der Waals surface area contributed by atoms with E-state index in [1.54, 1.807) is 0 Å². The summed E-state index contributed by atoms with van der Waals surface area (Å²) >= 11 is 0. The van der Waals surface area contributed by atoms with E-state index in [-0.39, 0.29) is 16.2 Å². The highest BCUT2D eigenvalue weighted by atomic mass is 14.3. The lowest BCUT2D eigenvalue weighted by Gasteiger charge is -2.27. The zero-order chi connectivity index (χ0) is 13.0. The Kier molecular flexibility index (Phi) is 5.04. The predicted octanol–water partition coefficient (Wildman–Crippen LogP) is 5.61. The van der Waals surface area contributed by atoms with Gasteiger partial charge in [0.1, 0.15) is 0 Å². The van der Waals surface area contributed by atoms with Crippen molar-refractivity contribution in [3.05, 3.63) is 24.8 Å². The van der Waals surface area contributed by atoms with Gasteiger partial charge < -0.3 is 0 Å². The van der Waals surface area contributed by atoms with Crippen molar-refractivity contribution >= 4 is 0 Å². The number of allylic oxidation sites excluding steroid dienone is 3. The topological polar surface area (TPSA) is 0 Å². The minimum atomic E-state index is 0.257. The molecule has 0 unspecified atom stereocenters. The molecule has 0 aliphatic heterocycles. The van der Waals surface area contributed by atoms with Crippen LogP contribution in [0.5, 0.6) is 0 Å². The van der Waals surface area contributed by atoms with E-state index in [1.807, 2.05) is 0 Å².